The molecule has 0 aliphatic heterocycles. The Morgan fingerprint density at radius 1 is 1.35 bits per heavy atom. The molecule has 2 rings (SSSR count). The van der Waals surface area contributed by atoms with E-state index in [-0.39, 0.29) is 24.7 Å². The molecule has 1 atom stereocenters. The van der Waals surface area contributed by atoms with Crippen LogP contribution >= 0.6 is 0 Å². The van der Waals surface area contributed by atoms with Crippen LogP contribution in [-0.4, -0.2) is 47.5 Å². The van der Waals surface area contributed by atoms with Crippen LogP contribution in [0.4, 0.5) is 0 Å². The number of nitrogens with one attached hydrogen (secondary N) is 1. The van der Waals surface area contributed by atoms with Crippen molar-refractivity contribution in [2.75, 3.05) is 20.3 Å². The summed E-state index contributed by atoms with van der Waals surface area (Å²) in [6, 6.07) is 7.00. The first kappa shape index (κ1) is 16.8. The Hall–Kier alpha value is -2.58. The predicted octanol–water partition coefficient (Wildman–Crippen LogP) is 0.345. The van der Waals surface area contributed by atoms with Crippen LogP contribution in [0.5, 0.6) is 11.5 Å². The summed E-state index contributed by atoms with van der Waals surface area (Å²) in [4.78, 5) is 15.7. The zero-order valence-corrected chi connectivity index (χ0v) is 12.6. The number of rotatable bonds is 8. The van der Waals surface area contributed by atoms with Gasteiger partial charge in [0.05, 0.1) is 19.8 Å². The second kappa shape index (κ2) is 8.16. The Bertz CT molecular complexity index is 625. The van der Waals surface area contributed by atoms with Gasteiger partial charge in [-0.2, -0.15) is 0 Å². The molecule has 124 valence electrons. The highest BCUT2D eigenvalue weighted by atomic mass is 16.5. The Kier molecular flexibility index (Phi) is 5.95. The van der Waals surface area contributed by atoms with Crippen LogP contribution in [0.3, 0.4) is 0 Å². The van der Waals surface area contributed by atoms with E-state index in [4.69, 9.17) is 24.1 Å². The number of hydrogen-bond donors (Lipinski definition) is 3. The molecule has 0 spiro atoms. The van der Waals surface area contributed by atoms with Crippen LogP contribution < -0.4 is 14.8 Å². The molecule has 2 aromatic rings. The molecular formula is C15H18N2O6. The van der Waals surface area contributed by atoms with Gasteiger partial charge in [0.2, 0.25) is 5.89 Å². The Balaban J connectivity index is 1.85. The largest absolute Gasteiger partial charge is 0.497 e. The Morgan fingerprint density at radius 3 is 2.70 bits per heavy atom. The van der Waals surface area contributed by atoms with Crippen LogP contribution in [0, 0.1) is 0 Å². The number of oxazole rings is 1. The molecule has 1 aromatic carbocycles. The number of carbonyl (C=O) groups excluding carboxylic acids is 1. The SMILES string of the molecule is COc1ccc(OCc2nc(C(=O)NCC(O)CO)co2)cc1. The topological polar surface area (TPSA) is 114 Å². The quantitative estimate of drug-likeness (QED) is 0.642. The van der Waals surface area contributed by atoms with Gasteiger partial charge in [-0.25, -0.2) is 4.98 Å². The number of aromatic nitrogens is 1. The summed E-state index contributed by atoms with van der Waals surface area (Å²) < 4.78 is 15.7. The van der Waals surface area contributed by atoms with Crippen molar-refractivity contribution in [1.29, 1.82) is 0 Å². The molecule has 1 amide bonds. The first-order chi connectivity index (χ1) is 11.1. The van der Waals surface area contributed by atoms with Crippen molar-refractivity contribution in [2.45, 2.75) is 12.7 Å². The molecular weight excluding hydrogens is 304 g/mol. The highest BCUT2D eigenvalue weighted by Gasteiger charge is 2.13. The monoisotopic (exact) mass is 322 g/mol. The number of amides is 1. The lowest BCUT2D eigenvalue weighted by Gasteiger charge is -2.07. The minimum atomic E-state index is -1.01. The smallest absolute Gasteiger partial charge is 0.273 e. The second-order valence-corrected chi connectivity index (χ2v) is 4.64. The van der Waals surface area contributed by atoms with E-state index in [1.54, 1.807) is 31.4 Å². The maximum atomic E-state index is 11.7. The van der Waals surface area contributed by atoms with Crippen molar-refractivity contribution in [1.82, 2.24) is 10.3 Å². The zero-order chi connectivity index (χ0) is 16.7. The van der Waals surface area contributed by atoms with Crippen LogP contribution in [-0.2, 0) is 6.61 Å². The van der Waals surface area contributed by atoms with Gasteiger partial charge >= 0.3 is 0 Å². The average Bonchev–Trinajstić information content (AvgIpc) is 3.07. The molecule has 1 unspecified atom stereocenters. The van der Waals surface area contributed by atoms with E-state index in [2.05, 4.69) is 10.3 Å². The lowest BCUT2D eigenvalue weighted by Crippen LogP contribution is -2.34. The summed E-state index contributed by atoms with van der Waals surface area (Å²) in [6.45, 7) is -0.432. The number of aliphatic hydroxyl groups is 2. The molecule has 3 N–H and O–H groups in total. The molecule has 1 heterocycles. The van der Waals surface area contributed by atoms with Crippen LogP contribution in [0.15, 0.2) is 34.9 Å². The Morgan fingerprint density at radius 2 is 2.04 bits per heavy atom. The highest BCUT2D eigenvalue weighted by molar-refractivity contribution is 5.91. The summed E-state index contributed by atoms with van der Waals surface area (Å²) in [5.74, 6) is 1.07. The number of ether oxygens (including phenoxy) is 2. The molecule has 0 saturated carbocycles. The van der Waals surface area contributed by atoms with Gasteiger partial charge in [0.1, 0.15) is 17.8 Å². The van der Waals surface area contributed by atoms with Gasteiger partial charge in [-0.3, -0.25) is 4.79 Å². The summed E-state index contributed by atoms with van der Waals surface area (Å²) in [5, 5.41) is 20.3. The number of nitrogens with zero attached hydrogens (tertiary/aromatic N) is 1. The molecule has 0 radical (unpaired) electrons. The van der Waals surface area contributed by atoms with Crippen LogP contribution in [0.25, 0.3) is 0 Å². The molecule has 1 aromatic heterocycles. The van der Waals surface area contributed by atoms with Crippen molar-refractivity contribution in [2.24, 2.45) is 0 Å². The van der Waals surface area contributed by atoms with Gasteiger partial charge in [0.25, 0.3) is 5.91 Å². The normalized spacial score (nSPS) is 11.8. The standard InChI is InChI=1S/C15H18N2O6/c1-21-11-2-4-12(5-3-11)22-9-14-17-13(8-23-14)15(20)16-6-10(19)7-18/h2-5,8,10,18-19H,6-7,9H2,1H3,(H,16,20). The van der Waals surface area contributed by atoms with Gasteiger partial charge in [0, 0.05) is 6.54 Å². The van der Waals surface area contributed by atoms with Crippen LogP contribution in [0.2, 0.25) is 0 Å². The van der Waals surface area contributed by atoms with E-state index in [1.807, 2.05) is 0 Å². The second-order valence-electron chi connectivity index (χ2n) is 4.64. The van der Waals surface area contributed by atoms with E-state index in [0.29, 0.717) is 5.75 Å². The number of benzene rings is 1. The molecule has 0 aliphatic carbocycles. The van der Waals surface area contributed by atoms with Gasteiger partial charge in [-0.1, -0.05) is 0 Å². The number of aliphatic hydroxyl groups excluding tert-OH is 2. The lowest BCUT2D eigenvalue weighted by atomic mass is 10.3. The summed E-state index contributed by atoms with van der Waals surface area (Å²) in [7, 11) is 1.58. The fraction of sp³-hybridized carbons (Fsp3) is 0.333. The summed E-state index contributed by atoms with van der Waals surface area (Å²) in [5.41, 5.74) is 0.0727. The van der Waals surface area contributed by atoms with Crippen molar-refractivity contribution in [3.8, 4) is 11.5 Å². The van der Waals surface area contributed by atoms with E-state index in [0.717, 1.165) is 5.75 Å². The number of hydrogen-bond acceptors (Lipinski definition) is 7. The van der Waals surface area contributed by atoms with Crippen LogP contribution in [0.1, 0.15) is 16.4 Å². The molecule has 8 nitrogen and oxygen atoms in total. The molecule has 0 aliphatic rings. The number of methoxy groups -OCH3 is 1. The van der Waals surface area contributed by atoms with Gasteiger partial charge in [0.15, 0.2) is 12.3 Å². The average molecular weight is 322 g/mol. The zero-order valence-electron chi connectivity index (χ0n) is 12.6. The van der Waals surface area contributed by atoms with Gasteiger partial charge in [-0.15, -0.1) is 0 Å². The summed E-state index contributed by atoms with van der Waals surface area (Å²) in [6.07, 6.45) is 0.191. The maximum absolute atomic E-state index is 11.7. The summed E-state index contributed by atoms with van der Waals surface area (Å²) >= 11 is 0. The van der Waals surface area contributed by atoms with E-state index >= 15 is 0 Å². The van der Waals surface area contributed by atoms with Gasteiger partial charge < -0.3 is 29.4 Å². The van der Waals surface area contributed by atoms with E-state index < -0.39 is 18.6 Å². The predicted molar refractivity (Wildman–Crippen MR) is 79.3 cm³/mol. The first-order valence-corrected chi connectivity index (χ1v) is 6.90. The molecule has 0 saturated heterocycles. The van der Waals surface area contributed by atoms with Crippen molar-refractivity contribution < 1.29 is 28.9 Å². The number of carbonyl (C=O) groups is 1. The minimum Gasteiger partial charge on any atom is -0.497 e. The van der Waals surface area contributed by atoms with E-state index in [1.165, 1.54) is 6.26 Å². The molecule has 8 heteroatoms. The molecule has 23 heavy (non-hydrogen) atoms. The Labute approximate surface area is 132 Å². The van der Waals surface area contributed by atoms with E-state index in [9.17, 15) is 4.79 Å². The van der Waals surface area contributed by atoms with Crippen molar-refractivity contribution in [3.63, 3.8) is 0 Å². The third-order valence-electron chi connectivity index (χ3n) is 2.92. The third-order valence-corrected chi connectivity index (χ3v) is 2.92. The van der Waals surface area contributed by atoms with Crippen molar-refractivity contribution in [3.05, 3.63) is 42.1 Å². The van der Waals surface area contributed by atoms with Crippen molar-refractivity contribution >= 4 is 5.91 Å². The fourth-order valence-corrected chi connectivity index (χ4v) is 1.66. The van der Waals surface area contributed by atoms with Gasteiger partial charge in [-0.05, 0) is 24.3 Å². The fourth-order valence-electron chi connectivity index (χ4n) is 1.66. The maximum Gasteiger partial charge on any atom is 0.273 e. The molecule has 0 fully saturated rings. The third kappa shape index (κ3) is 4.97. The highest BCUT2D eigenvalue weighted by Crippen LogP contribution is 2.18. The lowest BCUT2D eigenvalue weighted by molar-refractivity contribution is 0.0798. The first-order valence-electron chi connectivity index (χ1n) is 6.90. The molecule has 0 bridgehead atoms. The minimum absolute atomic E-state index is 0.0683.